The molecule has 3 nitrogen and oxygen atoms in total. The molecule has 3 heteroatoms. The Balaban J connectivity index is 1.44. The van der Waals surface area contributed by atoms with E-state index in [9.17, 15) is 0 Å². The molecule has 1 heterocycles. The minimum atomic E-state index is 0.971. The van der Waals surface area contributed by atoms with E-state index in [1.165, 1.54) is 68.9 Å². The minimum absolute atomic E-state index is 0.971. The lowest BCUT2D eigenvalue weighted by atomic mass is 9.93. The number of nitrogens with one attached hydrogen (secondary N) is 2. The molecule has 212 valence electrons. The SMILES string of the molecule is CCCC=C(NCCCCc1ccccc1)c1ccccc1CN1CCc2ccc(NC(C)=C(C)C)c(C)c2C1. The average molecular weight is 536 g/mol. The van der Waals surface area contributed by atoms with Gasteiger partial charge in [-0.1, -0.05) is 85.7 Å². The molecule has 2 N–H and O–H groups in total. The lowest BCUT2D eigenvalue weighted by Gasteiger charge is -2.31. The molecule has 40 heavy (non-hydrogen) atoms. The average Bonchev–Trinajstić information content (AvgIpc) is 2.97. The molecule has 0 aliphatic carbocycles. The molecule has 3 aromatic rings. The van der Waals surface area contributed by atoms with Crippen molar-refractivity contribution in [2.24, 2.45) is 0 Å². The van der Waals surface area contributed by atoms with Gasteiger partial charge in [-0.15, -0.1) is 0 Å². The Morgan fingerprint density at radius 3 is 2.48 bits per heavy atom. The number of aryl methyl sites for hydroxylation is 1. The van der Waals surface area contributed by atoms with Crippen molar-refractivity contribution in [3.8, 4) is 0 Å². The first-order chi connectivity index (χ1) is 19.5. The molecule has 0 spiro atoms. The van der Waals surface area contributed by atoms with Gasteiger partial charge < -0.3 is 10.6 Å². The van der Waals surface area contributed by atoms with Crippen molar-refractivity contribution in [3.63, 3.8) is 0 Å². The fourth-order valence-corrected chi connectivity index (χ4v) is 5.50. The topological polar surface area (TPSA) is 27.3 Å². The second-order valence-electron chi connectivity index (χ2n) is 11.5. The minimum Gasteiger partial charge on any atom is -0.385 e. The Morgan fingerprint density at radius 1 is 0.925 bits per heavy atom. The number of nitrogens with zero attached hydrogens (tertiary/aromatic N) is 1. The number of rotatable bonds is 13. The summed E-state index contributed by atoms with van der Waals surface area (Å²) in [5, 5.41) is 7.48. The third kappa shape index (κ3) is 8.11. The molecule has 1 aliphatic rings. The predicted octanol–water partition coefficient (Wildman–Crippen LogP) is 9.03. The van der Waals surface area contributed by atoms with Gasteiger partial charge in [0.05, 0.1) is 0 Å². The van der Waals surface area contributed by atoms with Crippen LogP contribution < -0.4 is 10.6 Å². The fraction of sp³-hybridized carbons (Fsp3) is 0.405. The van der Waals surface area contributed by atoms with E-state index in [-0.39, 0.29) is 0 Å². The van der Waals surface area contributed by atoms with Gasteiger partial charge in [-0.3, -0.25) is 4.90 Å². The molecule has 0 radical (unpaired) electrons. The van der Waals surface area contributed by atoms with Crippen molar-refractivity contribution in [2.75, 3.05) is 18.4 Å². The molecule has 0 amide bonds. The largest absolute Gasteiger partial charge is 0.385 e. The molecule has 4 rings (SSSR count). The van der Waals surface area contributed by atoms with Crippen LogP contribution >= 0.6 is 0 Å². The van der Waals surface area contributed by atoms with Crippen LogP contribution in [0.1, 0.15) is 86.8 Å². The summed E-state index contributed by atoms with van der Waals surface area (Å²) in [7, 11) is 0. The number of allylic oxidation sites excluding steroid dienone is 3. The first-order valence-corrected chi connectivity index (χ1v) is 15.3. The van der Waals surface area contributed by atoms with Crippen molar-refractivity contribution in [1.29, 1.82) is 0 Å². The number of unbranched alkanes of at least 4 members (excludes halogenated alkanes) is 2. The van der Waals surface area contributed by atoms with E-state index in [0.29, 0.717) is 0 Å². The van der Waals surface area contributed by atoms with Crippen LogP contribution in [0.4, 0.5) is 5.69 Å². The lowest BCUT2D eigenvalue weighted by molar-refractivity contribution is 0.245. The van der Waals surface area contributed by atoms with Gasteiger partial charge in [0.2, 0.25) is 0 Å². The highest BCUT2D eigenvalue weighted by atomic mass is 15.1. The van der Waals surface area contributed by atoms with Crippen LogP contribution in [-0.4, -0.2) is 18.0 Å². The van der Waals surface area contributed by atoms with E-state index in [1.54, 1.807) is 0 Å². The third-order valence-electron chi connectivity index (χ3n) is 8.24. The maximum Gasteiger partial charge on any atom is 0.0414 e. The molecule has 0 fully saturated rings. The molecule has 3 aromatic carbocycles. The zero-order valence-corrected chi connectivity index (χ0v) is 25.4. The van der Waals surface area contributed by atoms with Crippen LogP contribution in [0.3, 0.4) is 0 Å². The van der Waals surface area contributed by atoms with Gasteiger partial charge >= 0.3 is 0 Å². The van der Waals surface area contributed by atoms with E-state index < -0.39 is 0 Å². The zero-order chi connectivity index (χ0) is 28.3. The monoisotopic (exact) mass is 535 g/mol. The highest BCUT2D eigenvalue weighted by Gasteiger charge is 2.21. The summed E-state index contributed by atoms with van der Waals surface area (Å²) in [5.41, 5.74) is 13.7. The van der Waals surface area contributed by atoms with Crippen molar-refractivity contribution in [2.45, 2.75) is 86.2 Å². The second kappa shape index (κ2) is 14.9. The van der Waals surface area contributed by atoms with Crippen molar-refractivity contribution >= 4 is 11.4 Å². The van der Waals surface area contributed by atoms with Crippen LogP contribution in [0.5, 0.6) is 0 Å². The van der Waals surface area contributed by atoms with Gasteiger partial charge in [-0.05, 0) is 93.7 Å². The number of anilines is 1. The quantitative estimate of drug-likeness (QED) is 0.214. The van der Waals surface area contributed by atoms with E-state index in [2.05, 4.69) is 123 Å². The zero-order valence-electron chi connectivity index (χ0n) is 25.4. The first kappa shape index (κ1) is 29.7. The van der Waals surface area contributed by atoms with E-state index in [1.807, 2.05) is 0 Å². The third-order valence-corrected chi connectivity index (χ3v) is 8.24. The highest BCUT2D eigenvalue weighted by molar-refractivity contribution is 5.67. The maximum atomic E-state index is 3.82. The van der Waals surface area contributed by atoms with Crippen molar-refractivity contribution in [3.05, 3.63) is 117 Å². The van der Waals surface area contributed by atoms with E-state index >= 15 is 0 Å². The number of benzene rings is 3. The lowest BCUT2D eigenvalue weighted by Crippen LogP contribution is -2.31. The van der Waals surface area contributed by atoms with Crippen molar-refractivity contribution in [1.82, 2.24) is 10.2 Å². The first-order valence-electron chi connectivity index (χ1n) is 15.3. The molecular weight excluding hydrogens is 486 g/mol. The summed E-state index contributed by atoms with van der Waals surface area (Å²) < 4.78 is 0. The van der Waals surface area contributed by atoms with Gasteiger partial charge in [-0.2, -0.15) is 0 Å². The molecular formula is C37H49N3. The molecule has 0 bridgehead atoms. The van der Waals surface area contributed by atoms with E-state index in [4.69, 9.17) is 0 Å². The van der Waals surface area contributed by atoms with Gasteiger partial charge in [-0.25, -0.2) is 0 Å². The van der Waals surface area contributed by atoms with Gasteiger partial charge in [0, 0.05) is 48.8 Å². The highest BCUT2D eigenvalue weighted by Crippen LogP contribution is 2.30. The van der Waals surface area contributed by atoms with Gasteiger partial charge in [0.15, 0.2) is 0 Å². The molecule has 1 aliphatic heterocycles. The summed E-state index contributed by atoms with van der Waals surface area (Å²) in [6.07, 6.45) is 9.30. The van der Waals surface area contributed by atoms with Crippen LogP contribution in [0.15, 0.2) is 84.1 Å². The van der Waals surface area contributed by atoms with Gasteiger partial charge in [0.25, 0.3) is 0 Å². The molecule has 0 unspecified atom stereocenters. The Hall–Kier alpha value is -3.30. The normalized spacial score (nSPS) is 13.6. The van der Waals surface area contributed by atoms with Crippen LogP contribution in [-0.2, 0) is 25.9 Å². The summed E-state index contributed by atoms with van der Waals surface area (Å²) in [5.74, 6) is 0. The number of hydrogen-bond donors (Lipinski definition) is 2. The Labute approximate surface area is 243 Å². The standard InChI is InChI=1S/C37H49N3/c1-6-7-20-37(38-24-14-13-17-31-15-9-8-10-16-31)34-19-12-11-18-33(34)26-40-25-23-32-21-22-36(29(4)35(32)27-40)39-30(5)28(2)3/h8-12,15-16,18-22,38-39H,6-7,13-14,17,23-27H2,1-5H3. The smallest absolute Gasteiger partial charge is 0.0414 e. The number of fused-ring (bicyclic) bond motifs is 1. The maximum absolute atomic E-state index is 3.82. The predicted molar refractivity (Wildman–Crippen MR) is 173 cm³/mol. The summed E-state index contributed by atoms with van der Waals surface area (Å²) >= 11 is 0. The fourth-order valence-electron chi connectivity index (χ4n) is 5.50. The molecule has 0 saturated carbocycles. The second-order valence-corrected chi connectivity index (χ2v) is 11.5. The Kier molecular flexibility index (Phi) is 11.1. The van der Waals surface area contributed by atoms with E-state index in [0.717, 1.165) is 51.9 Å². The van der Waals surface area contributed by atoms with Gasteiger partial charge in [0.1, 0.15) is 0 Å². The van der Waals surface area contributed by atoms with Crippen LogP contribution in [0.25, 0.3) is 5.70 Å². The molecule has 0 atom stereocenters. The molecule has 0 saturated heterocycles. The van der Waals surface area contributed by atoms with Crippen molar-refractivity contribution < 1.29 is 0 Å². The molecule has 0 aromatic heterocycles. The summed E-state index contributed by atoms with van der Waals surface area (Å²) in [6, 6.07) is 24.5. The summed E-state index contributed by atoms with van der Waals surface area (Å²) in [4.78, 5) is 2.63. The number of hydrogen-bond acceptors (Lipinski definition) is 3. The Morgan fingerprint density at radius 2 is 1.70 bits per heavy atom. The van der Waals surface area contributed by atoms with Crippen LogP contribution in [0.2, 0.25) is 0 Å². The summed E-state index contributed by atoms with van der Waals surface area (Å²) in [6.45, 7) is 15.1. The Bertz CT molecular complexity index is 1300. The van der Waals surface area contributed by atoms with Crippen LogP contribution in [0, 0.1) is 6.92 Å².